The average molecular weight is 298 g/mol. The van der Waals surface area contributed by atoms with E-state index in [1.165, 1.54) is 19.3 Å². The van der Waals surface area contributed by atoms with E-state index in [9.17, 15) is 0 Å². The van der Waals surface area contributed by atoms with E-state index >= 15 is 0 Å². The van der Waals surface area contributed by atoms with Crippen LogP contribution in [0.4, 0.5) is 0 Å². The smallest absolute Gasteiger partial charge is 0.0928 e. The van der Waals surface area contributed by atoms with Crippen molar-refractivity contribution in [1.82, 2.24) is 9.80 Å². The molecular weight excluding hydrogens is 266 g/mol. The Hall–Kier alpha value is -0.190. The minimum absolute atomic E-state index is 0.143. The van der Waals surface area contributed by atoms with Gasteiger partial charge >= 0.3 is 0 Å². The molecule has 2 fully saturated rings. The molecule has 116 valence electrons. The molecule has 0 aromatic carbocycles. The number of hydrogen-bond acceptors (Lipinski definition) is 3. The van der Waals surface area contributed by atoms with Crippen molar-refractivity contribution >= 4 is 17.2 Å². The van der Waals surface area contributed by atoms with Crippen molar-refractivity contribution in [2.24, 2.45) is 17.6 Å². The lowest BCUT2D eigenvalue weighted by molar-refractivity contribution is 0.0349. The summed E-state index contributed by atoms with van der Waals surface area (Å²) < 4.78 is 0. The molecule has 4 heteroatoms. The highest BCUT2D eigenvalue weighted by Crippen LogP contribution is 2.32. The summed E-state index contributed by atoms with van der Waals surface area (Å²) in [4.78, 5) is 5.76. The van der Waals surface area contributed by atoms with Crippen molar-refractivity contribution in [3.05, 3.63) is 0 Å². The first-order valence-electron chi connectivity index (χ1n) is 8.11. The molecular formula is C16H31N3S. The van der Waals surface area contributed by atoms with Crippen LogP contribution >= 0.6 is 12.2 Å². The standard InChI is InChI=1S/C16H31N3S/c1-12-5-6-14(11-13(12)2)18-7-9-19(10-8-18)16(3,4)15(17)20/h12-14H,5-11H2,1-4H3,(H2,17,20). The molecule has 1 heterocycles. The molecule has 3 atom stereocenters. The lowest BCUT2D eigenvalue weighted by atomic mass is 9.78. The van der Waals surface area contributed by atoms with Crippen LogP contribution in [0.1, 0.15) is 47.0 Å². The Balaban J connectivity index is 1.87. The van der Waals surface area contributed by atoms with Gasteiger partial charge in [0.15, 0.2) is 0 Å². The molecule has 3 unspecified atom stereocenters. The van der Waals surface area contributed by atoms with Crippen LogP contribution in [0, 0.1) is 11.8 Å². The van der Waals surface area contributed by atoms with E-state index in [0.29, 0.717) is 4.99 Å². The normalized spacial score (nSPS) is 34.1. The van der Waals surface area contributed by atoms with Crippen LogP contribution in [-0.4, -0.2) is 52.5 Å². The van der Waals surface area contributed by atoms with Crippen molar-refractivity contribution in [3.63, 3.8) is 0 Å². The summed E-state index contributed by atoms with van der Waals surface area (Å²) in [5.74, 6) is 1.78. The minimum Gasteiger partial charge on any atom is -0.392 e. The topological polar surface area (TPSA) is 32.5 Å². The van der Waals surface area contributed by atoms with Crippen LogP contribution < -0.4 is 5.73 Å². The molecule has 1 saturated heterocycles. The van der Waals surface area contributed by atoms with E-state index in [1.54, 1.807) is 0 Å². The molecule has 0 aromatic rings. The molecule has 20 heavy (non-hydrogen) atoms. The molecule has 0 bridgehead atoms. The first-order chi connectivity index (χ1) is 9.32. The van der Waals surface area contributed by atoms with E-state index in [2.05, 4.69) is 37.5 Å². The molecule has 0 spiro atoms. The van der Waals surface area contributed by atoms with Crippen LogP contribution in [0.2, 0.25) is 0 Å². The molecule has 1 aliphatic carbocycles. The fourth-order valence-corrected chi connectivity index (χ4v) is 3.78. The average Bonchev–Trinajstić information content (AvgIpc) is 2.42. The van der Waals surface area contributed by atoms with Gasteiger partial charge in [-0.05, 0) is 44.9 Å². The maximum atomic E-state index is 5.89. The highest BCUT2D eigenvalue weighted by Gasteiger charge is 2.35. The van der Waals surface area contributed by atoms with Crippen molar-refractivity contribution in [1.29, 1.82) is 0 Å². The van der Waals surface area contributed by atoms with Crippen LogP contribution in [0.5, 0.6) is 0 Å². The zero-order valence-electron chi connectivity index (χ0n) is 13.6. The van der Waals surface area contributed by atoms with Gasteiger partial charge in [-0.3, -0.25) is 9.80 Å². The van der Waals surface area contributed by atoms with E-state index in [0.717, 1.165) is 44.1 Å². The monoisotopic (exact) mass is 297 g/mol. The summed E-state index contributed by atoms with van der Waals surface area (Å²) in [6.45, 7) is 13.6. The summed E-state index contributed by atoms with van der Waals surface area (Å²) >= 11 is 5.22. The Bertz CT molecular complexity index is 348. The van der Waals surface area contributed by atoms with E-state index in [-0.39, 0.29) is 5.54 Å². The Morgan fingerprint density at radius 1 is 1.05 bits per heavy atom. The number of hydrogen-bond donors (Lipinski definition) is 1. The second kappa shape index (κ2) is 6.29. The number of nitrogens with two attached hydrogens (primary N) is 1. The van der Waals surface area contributed by atoms with Gasteiger partial charge in [0.1, 0.15) is 0 Å². The van der Waals surface area contributed by atoms with Gasteiger partial charge in [0, 0.05) is 32.2 Å². The maximum Gasteiger partial charge on any atom is 0.0928 e. The fraction of sp³-hybridized carbons (Fsp3) is 0.938. The number of thiocarbonyl (C=S) groups is 1. The molecule has 1 aliphatic heterocycles. The summed E-state index contributed by atoms with van der Waals surface area (Å²) in [5, 5.41) is 0. The fourth-order valence-electron chi connectivity index (χ4n) is 3.65. The first kappa shape index (κ1) is 16.2. The van der Waals surface area contributed by atoms with E-state index in [4.69, 9.17) is 18.0 Å². The Kier molecular flexibility index (Phi) is 5.09. The molecule has 2 N–H and O–H groups in total. The van der Waals surface area contributed by atoms with Crippen molar-refractivity contribution < 1.29 is 0 Å². The van der Waals surface area contributed by atoms with Gasteiger partial charge in [0.25, 0.3) is 0 Å². The Morgan fingerprint density at radius 3 is 2.15 bits per heavy atom. The van der Waals surface area contributed by atoms with Crippen LogP contribution in [0.15, 0.2) is 0 Å². The minimum atomic E-state index is -0.143. The van der Waals surface area contributed by atoms with Crippen molar-refractivity contribution in [3.8, 4) is 0 Å². The zero-order valence-corrected chi connectivity index (χ0v) is 14.4. The Morgan fingerprint density at radius 2 is 1.65 bits per heavy atom. The van der Waals surface area contributed by atoms with E-state index < -0.39 is 0 Å². The quantitative estimate of drug-likeness (QED) is 0.811. The van der Waals surface area contributed by atoms with Gasteiger partial charge in [-0.15, -0.1) is 0 Å². The van der Waals surface area contributed by atoms with Crippen molar-refractivity contribution in [2.75, 3.05) is 26.2 Å². The highest BCUT2D eigenvalue weighted by atomic mass is 32.1. The van der Waals surface area contributed by atoms with E-state index in [1.807, 2.05) is 0 Å². The number of rotatable bonds is 3. The SMILES string of the molecule is CC1CCC(N2CCN(C(C)(C)C(N)=S)CC2)CC1C. The number of piperazine rings is 1. The van der Waals surface area contributed by atoms with Gasteiger partial charge in [-0.2, -0.15) is 0 Å². The summed E-state index contributed by atoms with van der Waals surface area (Å²) in [6, 6.07) is 0.802. The molecule has 1 saturated carbocycles. The summed E-state index contributed by atoms with van der Waals surface area (Å²) in [6.07, 6.45) is 4.15. The van der Waals surface area contributed by atoms with Crippen molar-refractivity contribution in [2.45, 2.75) is 58.5 Å². The lowest BCUT2D eigenvalue weighted by Gasteiger charge is -2.47. The second-order valence-electron chi connectivity index (χ2n) is 7.37. The Labute approximate surface area is 129 Å². The highest BCUT2D eigenvalue weighted by molar-refractivity contribution is 7.80. The molecule has 0 amide bonds. The summed E-state index contributed by atoms with van der Waals surface area (Å²) in [7, 11) is 0. The van der Waals surface area contributed by atoms with Gasteiger partial charge < -0.3 is 5.73 Å². The molecule has 2 rings (SSSR count). The molecule has 2 aliphatic rings. The summed E-state index contributed by atoms with van der Waals surface area (Å²) in [5.41, 5.74) is 5.75. The molecule has 3 nitrogen and oxygen atoms in total. The predicted octanol–water partition coefficient (Wildman–Crippen LogP) is 2.49. The third-order valence-corrected chi connectivity index (χ3v) is 6.29. The van der Waals surface area contributed by atoms with Crippen LogP contribution in [0.3, 0.4) is 0 Å². The van der Waals surface area contributed by atoms with Crippen LogP contribution in [-0.2, 0) is 0 Å². The second-order valence-corrected chi connectivity index (χ2v) is 7.81. The largest absolute Gasteiger partial charge is 0.392 e. The number of nitrogens with zero attached hydrogens (tertiary/aromatic N) is 2. The molecule has 0 radical (unpaired) electrons. The van der Waals surface area contributed by atoms with Crippen LogP contribution in [0.25, 0.3) is 0 Å². The predicted molar refractivity (Wildman–Crippen MR) is 90.0 cm³/mol. The van der Waals surface area contributed by atoms with Gasteiger partial charge in [-0.1, -0.05) is 26.1 Å². The third kappa shape index (κ3) is 3.34. The van der Waals surface area contributed by atoms with Gasteiger partial charge in [0.2, 0.25) is 0 Å². The van der Waals surface area contributed by atoms with Gasteiger partial charge in [0.05, 0.1) is 10.5 Å². The lowest BCUT2D eigenvalue weighted by Crippen LogP contribution is -2.60. The maximum absolute atomic E-state index is 5.89. The third-order valence-electron chi connectivity index (χ3n) is 5.79. The molecule has 0 aromatic heterocycles. The van der Waals surface area contributed by atoms with Gasteiger partial charge in [-0.25, -0.2) is 0 Å². The zero-order chi connectivity index (χ0) is 14.9. The first-order valence-corrected chi connectivity index (χ1v) is 8.52.